The molecule has 1 aliphatic rings. The topological polar surface area (TPSA) is 92.4 Å². The monoisotopic (exact) mass is 214 g/mol. The van der Waals surface area contributed by atoms with Gasteiger partial charge in [-0.25, -0.2) is 0 Å². The van der Waals surface area contributed by atoms with E-state index in [1.807, 2.05) is 0 Å². The van der Waals surface area contributed by atoms with Crippen LogP contribution in [0.1, 0.15) is 32.6 Å². The Labute approximate surface area is 89.0 Å². The second kappa shape index (κ2) is 4.61. The summed E-state index contributed by atoms with van der Waals surface area (Å²) >= 11 is 0. The molecule has 1 aliphatic carbocycles. The summed E-state index contributed by atoms with van der Waals surface area (Å²) in [5.74, 6) is -1.23. The molecule has 1 amide bonds. The molecule has 4 N–H and O–H groups in total. The molecule has 0 aliphatic heterocycles. The summed E-state index contributed by atoms with van der Waals surface area (Å²) in [6.07, 6.45) is 3.52. The zero-order chi connectivity index (χ0) is 11.5. The van der Waals surface area contributed by atoms with E-state index in [1.54, 1.807) is 0 Å². The number of rotatable bonds is 4. The van der Waals surface area contributed by atoms with Crippen LogP contribution in [0.2, 0.25) is 0 Å². The highest BCUT2D eigenvalue weighted by molar-refractivity contribution is 5.87. The van der Waals surface area contributed by atoms with Gasteiger partial charge in [-0.1, -0.05) is 12.8 Å². The maximum absolute atomic E-state index is 11.9. The van der Waals surface area contributed by atoms with Crippen LogP contribution < -0.4 is 11.1 Å². The summed E-state index contributed by atoms with van der Waals surface area (Å²) in [5.41, 5.74) is 5.09. The zero-order valence-corrected chi connectivity index (χ0v) is 8.95. The van der Waals surface area contributed by atoms with Gasteiger partial charge in [-0.3, -0.25) is 9.59 Å². The van der Waals surface area contributed by atoms with Crippen LogP contribution in [0, 0.1) is 5.41 Å². The predicted molar refractivity (Wildman–Crippen MR) is 55.2 cm³/mol. The van der Waals surface area contributed by atoms with E-state index >= 15 is 0 Å². The minimum atomic E-state index is -1.02. The maximum Gasteiger partial charge on any atom is 0.325 e. The van der Waals surface area contributed by atoms with Crippen LogP contribution in [0.25, 0.3) is 0 Å². The van der Waals surface area contributed by atoms with E-state index < -0.39 is 17.4 Å². The van der Waals surface area contributed by atoms with Crippen LogP contribution in [-0.2, 0) is 9.59 Å². The highest BCUT2D eigenvalue weighted by atomic mass is 16.4. The van der Waals surface area contributed by atoms with Gasteiger partial charge in [0.25, 0.3) is 0 Å². The first-order valence-electron chi connectivity index (χ1n) is 5.26. The Kier molecular flexibility index (Phi) is 3.68. The molecule has 0 aromatic carbocycles. The smallest absolute Gasteiger partial charge is 0.325 e. The van der Waals surface area contributed by atoms with Crippen LogP contribution in [0.15, 0.2) is 0 Å². The van der Waals surface area contributed by atoms with Gasteiger partial charge in [-0.15, -0.1) is 0 Å². The number of carbonyl (C=O) groups is 2. The normalized spacial score (nSPS) is 20.9. The number of carboxylic acids is 1. The first kappa shape index (κ1) is 12.0. The lowest BCUT2D eigenvalue weighted by Crippen LogP contribution is -2.49. The Morgan fingerprint density at radius 2 is 2.00 bits per heavy atom. The number of amides is 1. The Morgan fingerprint density at radius 3 is 2.40 bits per heavy atom. The summed E-state index contributed by atoms with van der Waals surface area (Å²) in [5, 5.41) is 11.2. The molecule has 0 aromatic heterocycles. The van der Waals surface area contributed by atoms with Gasteiger partial charge in [0.05, 0.1) is 5.41 Å². The quantitative estimate of drug-likeness (QED) is 0.618. The van der Waals surface area contributed by atoms with Crippen molar-refractivity contribution in [2.75, 3.05) is 6.54 Å². The molecule has 0 saturated heterocycles. The van der Waals surface area contributed by atoms with E-state index in [0.29, 0.717) is 6.54 Å². The number of nitrogens with one attached hydrogen (secondary N) is 1. The fraction of sp³-hybridized carbons (Fsp3) is 0.800. The van der Waals surface area contributed by atoms with Gasteiger partial charge >= 0.3 is 5.97 Å². The van der Waals surface area contributed by atoms with Crippen molar-refractivity contribution in [2.45, 2.75) is 38.6 Å². The van der Waals surface area contributed by atoms with Gasteiger partial charge in [-0.2, -0.15) is 0 Å². The van der Waals surface area contributed by atoms with Gasteiger partial charge in [0.15, 0.2) is 0 Å². The Hall–Kier alpha value is -1.10. The van der Waals surface area contributed by atoms with Crippen LogP contribution >= 0.6 is 0 Å². The van der Waals surface area contributed by atoms with Crippen molar-refractivity contribution in [2.24, 2.45) is 11.1 Å². The van der Waals surface area contributed by atoms with Gasteiger partial charge in [0, 0.05) is 6.54 Å². The van der Waals surface area contributed by atoms with Gasteiger partial charge in [0.1, 0.15) is 6.04 Å². The minimum absolute atomic E-state index is 0.211. The average molecular weight is 214 g/mol. The molecule has 86 valence electrons. The van der Waals surface area contributed by atoms with Crippen molar-refractivity contribution >= 4 is 11.9 Å². The van der Waals surface area contributed by atoms with Gasteiger partial charge in [-0.05, 0) is 19.8 Å². The first-order chi connectivity index (χ1) is 7.02. The Bertz CT molecular complexity index is 259. The number of aliphatic carboxylic acids is 1. The summed E-state index contributed by atoms with van der Waals surface area (Å²) in [6, 6.07) is -0.846. The molecule has 1 saturated carbocycles. The summed E-state index contributed by atoms with van der Waals surface area (Å²) in [4.78, 5) is 22.5. The number of nitrogens with two attached hydrogens (primary N) is 1. The first-order valence-corrected chi connectivity index (χ1v) is 5.26. The largest absolute Gasteiger partial charge is 0.480 e. The molecular weight excluding hydrogens is 196 g/mol. The second-order valence-electron chi connectivity index (χ2n) is 4.22. The Morgan fingerprint density at radius 1 is 1.47 bits per heavy atom. The van der Waals surface area contributed by atoms with Crippen molar-refractivity contribution in [1.82, 2.24) is 5.32 Å². The molecule has 15 heavy (non-hydrogen) atoms. The zero-order valence-electron chi connectivity index (χ0n) is 8.95. The molecule has 0 radical (unpaired) electrons. The minimum Gasteiger partial charge on any atom is -0.480 e. The highest BCUT2D eigenvalue weighted by Crippen LogP contribution is 2.37. The van der Waals surface area contributed by atoms with Crippen molar-refractivity contribution in [3.8, 4) is 0 Å². The van der Waals surface area contributed by atoms with Crippen LogP contribution in [-0.4, -0.2) is 29.6 Å². The standard InChI is InChI=1S/C10H18N2O3/c1-7(8(13)14)12-9(15)10(6-11)4-2-3-5-10/h7H,2-6,11H2,1H3,(H,12,15)(H,13,14)/t7-/m1/s1. The fourth-order valence-electron chi connectivity index (χ4n) is 1.99. The van der Waals surface area contributed by atoms with E-state index in [-0.39, 0.29) is 5.91 Å². The van der Waals surface area contributed by atoms with E-state index in [1.165, 1.54) is 6.92 Å². The highest BCUT2D eigenvalue weighted by Gasteiger charge is 2.40. The van der Waals surface area contributed by atoms with Crippen molar-refractivity contribution in [1.29, 1.82) is 0 Å². The summed E-state index contributed by atoms with van der Waals surface area (Å²) < 4.78 is 0. The van der Waals surface area contributed by atoms with Crippen molar-refractivity contribution in [3.05, 3.63) is 0 Å². The molecule has 0 aromatic rings. The average Bonchev–Trinajstić information content (AvgIpc) is 2.66. The molecule has 0 heterocycles. The molecule has 0 bridgehead atoms. The predicted octanol–water partition coefficient (Wildman–Crippen LogP) is 0.0948. The lowest BCUT2D eigenvalue weighted by atomic mass is 9.85. The lowest BCUT2D eigenvalue weighted by Gasteiger charge is -2.26. The van der Waals surface area contributed by atoms with Crippen molar-refractivity contribution in [3.63, 3.8) is 0 Å². The number of carboxylic acid groups (broad SMARTS) is 1. The summed E-state index contributed by atoms with van der Waals surface area (Å²) in [7, 11) is 0. The molecule has 1 rings (SSSR count). The Balaban J connectivity index is 2.62. The third kappa shape index (κ3) is 2.47. The molecule has 1 atom stereocenters. The number of hydrogen-bond acceptors (Lipinski definition) is 3. The third-order valence-electron chi connectivity index (χ3n) is 3.15. The van der Waals surface area contributed by atoms with E-state index in [4.69, 9.17) is 10.8 Å². The molecule has 0 unspecified atom stereocenters. The molecular formula is C10H18N2O3. The van der Waals surface area contributed by atoms with Gasteiger partial charge in [0.2, 0.25) is 5.91 Å². The van der Waals surface area contributed by atoms with Crippen LogP contribution in [0.4, 0.5) is 0 Å². The fourth-order valence-corrected chi connectivity index (χ4v) is 1.99. The maximum atomic E-state index is 11.9. The summed E-state index contributed by atoms with van der Waals surface area (Å²) in [6.45, 7) is 1.75. The van der Waals surface area contributed by atoms with Crippen LogP contribution in [0.5, 0.6) is 0 Å². The van der Waals surface area contributed by atoms with Gasteiger partial charge < -0.3 is 16.2 Å². The lowest BCUT2D eigenvalue weighted by molar-refractivity contribution is -0.143. The second-order valence-corrected chi connectivity index (χ2v) is 4.22. The molecule has 0 spiro atoms. The van der Waals surface area contributed by atoms with E-state index in [9.17, 15) is 9.59 Å². The number of carbonyl (C=O) groups excluding carboxylic acids is 1. The molecule has 1 fully saturated rings. The molecule has 5 nitrogen and oxygen atoms in total. The SMILES string of the molecule is C[C@@H](NC(=O)C1(CN)CCCC1)C(=O)O. The van der Waals surface area contributed by atoms with E-state index in [2.05, 4.69) is 5.32 Å². The third-order valence-corrected chi connectivity index (χ3v) is 3.15. The number of hydrogen-bond donors (Lipinski definition) is 3. The van der Waals surface area contributed by atoms with E-state index in [0.717, 1.165) is 25.7 Å². The van der Waals surface area contributed by atoms with Crippen LogP contribution in [0.3, 0.4) is 0 Å². The van der Waals surface area contributed by atoms with Crippen molar-refractivity contribution < 1.29 is 14.7 Å². The molecule has 5 heteroatoms.